The molecule has 0 saturated heterocycles. The van der Waals surface area contributed by atoms with Crippen molar-refractivity contribution in [3.8, 4) is 0 Å². The van der Waals surface area contributed by atoms with Crippen LogP contribution in [0.15, 0.2) is 0 Å². The van der Waals surface area contributed by atoms with Gasteiger partial charge in [0, 0.05) is 24.6 Å². The van der Waals surface area contributed by atoms with E-state index in [9.17, 15) is 5.11 Å². The molecule has 1 rings (SSSR count). The molecule has 1 aliphatic rings. The Morgan fingerprint density at radius 2 is 1.87 bits per heavy atom. The first-order valence-electron chi connectivity index (χ1n) is 6.52. The second kappa shape index (κ2) is 5.86. The smallest absolute Gasteiger partial charge is 0.0499 e. The number of aliphatic hydroxyl groups is 1. The quantitative estimate of drug-likeness (QED) is 0.733. The minimum Gasteiger partial charge on any atom is -0.396 e. The number of aliphatic hydroxyl groups excluding tert-OH is 1. The third-order valence-corrected chi connectivity index (χ3v) is 4.16. The lowest BCUT2D eigenvalue weighted by molar-refractivity contribution is 0.0630. The molecule has 1 fully saturated rings. The Kier molecular flexibility index (Phi) is 5.07. The molecule has 2 heteroatoms. The average molecular weight is 213 g/mol. The molecule has 1 saturated carbocycles. The molecule has 0 radical (unpaired) electrons. The lowest BCUT2D eigenvalue weighted by atomic mass is 9.86. The van der Waals surface area contributed by atoms with Gasteiger partial charge < -0.3 is 10.0 Å². The van der Waals surface area contributed by atoms with Crippen molar-refractivity contribution in [3.63, 3.8) is 0 Å². The van der Waals surface area contributed by atoms with Crippen molar-refractivity contribution in [1.82, 2.24) is 4.90 Å². The van der Waals surface area contributed by atoms with Crippen LogP contribution in [0.25, 0.3) is 0 Å². The van der Waals surface area contributed by atoms with E-state index in [0.717, 1.165) is 13.1 Å². The summed E-state index contributed by atoms with van der Waals surface area (Å²) in [6.45, 7) is 9.34. The summed E-state index contributed by atoms with van der Waals surface area (Å²) in [4.78, 5) is 2.53. The Hall–Kier alpha value is -0.0800. The van der Waals surface area contributed by atoms with Crippen LogP contribution in [0.2, 0.25) is 0 Å². The van der Waals surface area contributed by atoms with Crippen LogP contribution in [-0.4, -0.2) is 35.7 Å². The van der Waals surface area contributed by atoms with Crippen molar-refractivity contribution in [1.29, 1.82) is 0 Å². The minimum atomic E-state index is 0.222. The predicted octanol–water partition coefficient (Wildman–Crippen LogP) is 2.66. The van der Waals surface area contributed by atoms with Crippen molar-refractivity contribution in [2.24, 2.45) is 5.41 Å². The molecule has 1 unspecified atom stereocenters. The minimum absolute atomic E-state index is 0.222. The second-order valence-corrected chi connectivity index (χ2v) is 5.19. The van der Waals surface area contributed by atoms with E-state index in [1.807, 2.05) is 0 Å². The van der Waals surface area contributed by atoms with Crippen LogP contribution in [-0.2, 0) is 0 Å². The molecule has 0 aliphatic heterocycles. The average Bonchev–Trinajstić information content (AvgIpc) is 2.74. The molecule has 2 nitrogen and oxygen atoms in total. The van der Waals surface area contributed by atoms with Crippen molar-refractivity contribution in [3.05, 3.63) is 0 Å². The summed E-state index contributed by atoms with van der Waals surface area (Å²) in [7, 11) is 0. The van der Waals surface area contributed by atoms with Gasteiger partial charge in [-0.3, -0.25) is 0 Å². The number of hydrogen-bond acceptors (Lipinski definition) is 2. The van der Waals surface area contributed by atoms with E-state index in [4.69, 9.17) is 0 Å². The predicted molar refractivity (Wildman–Crippen MR) is 65.0 cm³/mol. The molecule has 15 heavy (non-hydrogen) atoms. The molecular weight excluding hydrogens is 186 g/mol. The third-order valence-electron chi connectivity index (χ3n) is 4.16. The molecule has 1 aliphatic carbocycles. The van der Waals surface area contributed by atoms with Gasteiger partial charge in [-0.25, -0.2) is 0 Å². The van der Waals surface area contributed by atoms with Gasteiger partial charge in [0.15, 0.2) is 0 Å². The standard InChI is InChI=1S/C13H27NO/c1-4-12(3)14(5-2)10-13(11-15)8-6-7-9-13/h12,15H,4-11H2,1-3H3. The van der Waals surface area contributed by atoms with Gasteiger partial charge in [-0.1, -0.05) is 26.7 Å². The van der Waals surface area contributed by atoms with Crippen LogP contribution in [0, 0.1) is 5.41 Å². The Morgan fingerprint density at radius 1 is 1.27 bits per heavy atom. The zero-order valence-corrected chi connectivity index (χ0v) is 10.6. The SMILES string of the molecule is CCC(C)N(CC)CC1(CO)CCCC1. The summed E-state index contributed by atoms with van der Waals surface area (Å²) >= 11 is 0. The van der Waals surface area contributed by atoms with E-state index in [1.165, 1.54) is 32.1 Å². The molecule has 0 bridgehead atoms. The summed E-state index contributed by atoms with van der Waals surface area (Å²) in [5.41, 5.74) is 0.222. The van der Waals surface area contributed by atoms with E-state index < -0.39 is 0 Å². The van der Waals surface area contributed by atoms with Gasteiger partial charge in [-0.15, -0.1) is 0 Å². The first kappa shape index (κ1) is 13.0. The largest absolute Gasteiger partial charge is 0.396 e. The van der Waals surface area contributed by atoms with Crippen LogP contribution < -0.4 is 0 Å². The molecular formula is C13H27NO. The molecule has 0 heterocycles. The van der Waals surface area contributed by atoms with Gasteiger partial charge >= 0.3 is 0 Å². The maximum Gasteiger partial charge on any atom is 0.0499 e. The van der Waals surface area contributed by atoms with Crippen LogP contribution in [0.4, 0.5) is 0 Å². The van der Waals surface area contributed by atoms with Gasteiger partial charge in [-0.05, 0) is 32.7 Å². The Bertz CT molecular complexity index is 175. The summed E-state index contributed by atoms with van der Waals surface area (Å²) in [6.07, 6.45) is 6.25. The highest BCUT2D eigenvalue weighted by atomic mass is 16.3. The maximum absolute atomic E-state index is 9.59. The molecule has 90 valence electrons. The van der Waals surface area contributed by atoms with Crippen LogP contribution in [0.3, 0.4) is 0 Å². The fraction of sp³-hybridized carbons (Fsp3) is 1.00. The van der Waals surface area contributed by atoms with Gasteiger partial charge in [0.2, 0.25) is 0 Å². The van der Waals surface area contributed by atoms with E-state index in [-0.39, 0.29) is 5.41 Å². The van der Waals surface area contributed by atoms with Crippen molar-refractivity contribution in [2.45, 2.75) is 58.9 Å². The lowest BCUT2D eigenvalue weighted by Crippen LogP contribution is -2.42. The molecule has 0 spiro atoms. The van der Waals surface area contributed by atoms with Gasteiger partial charge in [0.05, 0.1) is 0 Å². The van der Waals surface area contributed by atoms with Crippen molar-refractivity contribution < 1.29 is 5.11 Å². The van der Waals surface area contributed by atoms with Crippen LogP contribution >= 0.6 is 0 Å². The first-order valence-corrected chi connectivity index (χ1v) is 6.52. The Labute approximate surface area is 94.7 Å². The van der Waals surface area contributed by atoms with Gasteiger partial charge in [0.25, 0.3) is 0 Å². The lowest BCUT2D eigenvalue weighted by Gasteiger charge is -2.36. The highest BCUT2D eigenvalue weighted by Gasteiger charge is 2.35. The molecule has 1 N–H and O–H groups in total. The van der Waals surface area contributed by atoms with E-state index in [1.54, 1.807) is 0 Å². The molecule has 0 aromatic heterocycles. The Balaban J connectivity index is 2.55. The molecule has 0 aromatic carbocycles. The van der Waals surface area contributed by atoms with E-state index in [0.29, 0.717) is 12.6 Å². The normalized spacial score (nSPS) is 22.2. The topological polar surface area (TPSA) is 23.5 Å². The monoisotopic (exact) mass is 213 g/mol. The molecule has 0 amide bonds. The first-order chi connectivity index (χ1) is 7.17. The van der Waals surface area contributed by atoms with Crippen LogP contribution in [0.1, 0.15) is 52.9 Å². The zero-order valence-electron chi connectivity index (χ0n) is 10.6. The number of nitrogens with zero attached hydrogens (tertiary/aromatic N) is 1. The van der Waals surface area contributed by atoms with Gasteiger partial charge in [-0.2, -0.15) is 0 Å². The second-order valence-electron chi connectivity index (χ2n) is 5.19. The third kappa shape index (κ3) is 3.18. The molecule has 1 atom stereocenters. The van der Waals surface area contributed by atoms with Crippen molar-refractivity contribution >= 4 is 0 Å². The fourth-order valence-corrected chi connectivity index (χ4v) is 2.76. The van der Waals surface area contributed by atoms with Gasteiger partial charge in [0.1, 0.15) is 0 Å². The number of rotatable bonds is 6. The fourth-order valence-electron chi connectivity index (χ4n) is 2.76. The summed E-state index contributed by atoms with van der Waals surface area (Å²) in [5.74, 6) is 0. The summed E-state index contributed by atoms with van der Waals surface area (Å²) < 4.78 is 0. The summed E-state index contributed by atoms with van der Waals surface area (Å²) in [5, 5.41) is 9.59. The number of hydrogen-bond donors (Lipinski definition) is 1. The highest BCUT2D eigenvalue weighted by molar-refractivity contribution is 4.87. The Morgan fingerprint density at radius 3 is 2.27 bits per heavy atom. The van der Waals surface area contributed by atoms with Crippen LogP contribution in [0.5, 0.6) is 0 Å². The zero-order chi connectivity index (χ0) is 11.3. The van der Waals surface area contributed by atoms with Crippen molar-refractivity contribution in [2.75, 3.05) is 19.7 Å². The summed E-state index contributed by atoms with van der Waals surface area (Å²) in [6, 6.07) is 0.652. The molecule has 0 aromatic rings. The maximum atomic E-state index is 9.59. The van der Waals surface area contributed by atoms with E-state index in [2.05, 4.69) is 25.7 Å². The highest BCUT2D eigenvalue weighted by Crippen LogP contribution is 2.38. The van der Waals surface area contributed by atoms with E-state index >= 15 is 0 Å².